The maximum absolute atomic E-state index is 12.7. The summed E-state index contributed by atoms with van der Waals surface area (Å²) in [6.45, 7) is 4.67. The first kappa shape index (κ1) is 19.3. The molecule has 2 aromatic rings. The second-order valence-corrected chi connectivity index (χ2v) is 7.29. The smallest absolute Gasteiger partial charge is 0.328 e. The van der Waals surface area contributed by atoms with Gasteiger partial charge in [-0.15, -0.1) is 5.10 Å². The lowest BCUT2D eigenvalue weighted by Crippen LogP contribution is -2.49. The molecule has 1 aromatic heterocycles. The predicted octanol–water partition coefficient (Wildman–Crippen LogP) is 2.01. The zero-order valence-corrected chi connectivity index (χ0v) is 16.3. The molecule has 1 amide bonds. The number of tetrazole rings is 1. The van der Waals surface area contributed by atoms with Crippen LogP contribution in [-0.2, 0) is 14.3 Å². The van der Waals surface area contributed by atoms with Gasteiger partial charge in [0.25, 0.3) is 0 Å². The van der Waals surface area contributed by atoms with Crippen LogP contribution in [0.25, 0.3) is 5.69 Å². The van der Waals surface area contributed by atoms with Crippen LogP contribution in [0, 0.1) is 6.92 Å². The molecule has 1 unspecified atom stereocenters. The molecule has 9 heteroatoms. The van der Waals surface area contributed by atoms with Crippen molar-refractivity contribution in [1.29, 1.82) is 0 Å². The second kappa shape index (κ2) is 8.98. The number of ether oxygens (including phenoxy) is 1. The summed E-state index contributed by atoms with van der Waals surface area (Å²) in [5.41, 5.74) is 1.98. The lowest BCUT2D eigenvalue weighted by atomic mass is 10.0. The first-order valence-electron chi connectivity index (χ1n) is 9.04. The lowest BCUT2D eigenvalue weighted by Gasteiger charge is -2.33. The highest BCUT2D eigenvalue weighted by Gasteiger charge is 2.33. The van der Waals surface area contributed by atoms with Gasteiger partial charge in [0.1, 0.15) is 6.04 Å². The molecule has 1 saturated heterocycles. The summed E-state index contributed by atoms with van der Waals surface area (Å²) in [7, 11) is 0. The molecular weight excluding hydrogens is 366 g/mol. The normalized spacial score (nSPS) is 17.0. The summed E-state index contributed by atoms with van der Waals surface area (Å²) in [6, 6.07) is 7.33. The molecule has 2 heterocycles. The van der Waals surface area contributed by atoms with Crippen LogP contribution in [0.15, 0.2) is 29.4 Å². The summed E-state index contributed by atoms with van der Waals surface area (Å²) in [6.07, 6.45) is 2.47. The van der Waals surface area contributed by atoms with Gasteiger partial charge in [-0.25, -0.2) is 4.79 Å². The Labute approximate surface area is 162 Å². The summed E-state index contributed by atoms with van der Waals surface area (Å²) in [5.74, 6) is -0.251. The number of thioether (sulfide) groups is 1. The number of amides is 1. The topological polar surface area (TPSA) is 90.2 Å². The summed E-state index contributed by atoms with van der Waals surface area (Å²) >= 11 is 1.27. The van der Waals surface area contributed by atoms with Gasteiger partial charge in [0.2, 0.25) is 11.1 Å². The molecule has 0 aliphatic carbocycles. The van der Waals surface area contributed by atoms with E-state index in [1.165, 1.54) is 11.8 Å². The second-order valence-electron chi connectivity index (χ2n) is 6.35. The summed E-state index contributed by atoms with van der Waals surface area (Å²) in [5, 5.41) is 12.3. The molecule has 0 spiro atoms. The van der Waals surface area contributed by atoms with Gasteiger partial charge in [0.15, 0.2) is 0 Å². The zero-order chi connectivity index (χ0) is 19.2. The number of carbonyl (C=O) groups excluding carboxylic acids is 2. The number of hydrogen-bond donors (Lipinski definition) is 0. The number of piperidine rings is 1. The number of likely N-dealkylation sites (tertiary alicyclic amines) is 1. The van der Waals surface area contributed by atoms with Crippen molar-refractivity contribution in [2.45, 2.75) is 44.3 Å². The first-order valence-corrected chi connectivity index (χ1v) is 10.0. The van der Waals surface area contributed by atoms with Crippen LogP contribution in [0.1, 0.15) is 31.7 Å². The molecule has 3 rings (SSSR count). The number of carbonyl (C=O) groups is 2. The maximum atomic E-state index is 12.7. The van der Waals surface area contributed by atoms with Gasteiger partial charge in [-0.2, -0.15) is 4.68 Å². The number of esters is 1. The van der Waals surface area contributed by atoms with Crippen molar-refractivity contribution in [3.05, 3.63) is 29.8 Å². The van der Waals surface area contributed by atoms with Crippen molar-refractivity contribution in [3.8, 4) is 5.69 Å². The Kier molecular flexibility index (Phi) is 6.44. The Bertz CT molecular complexity index is 793. The molecule has 0 radical (unpaired) electrons. The molecule has 27 heavy (non-hydrogen) atoms. The fourth-order valence-electron chi connectivity index (χ4n) is 3.04. The van der Waals surface area contributed by atoms with Crippen molar-refractivity contribution in [2.75, 3.05) is 18.9 Å². The van der Waals surface area contributed by atoms with Gasteiger partial charge in [0.05, 0.1) is 18.0 Å². The van der Waals surface area contributed by atoms with Crippen LogP contribution in [0.3, 0.4) is 0 Å². The average Bonchev–Trinajstić information content (AvgIpc) is 3.15. The van der Waals surface area contributed by atoms with Gasteiger partial charge in [-0.3, -0.25) is 4.79 Å². The molecule has 0 N–H and O–H groups in total. The molecular formula is C18H23N5O3S. The number of aryl methyl sites for hydroxylation is 1. The number of nitrogens with zero attached hydrogens (tertiary/aromatic N) is 5. The molecule has 144 valence electrons. The average molecular weight is 389 g/mol. The van der Waals surface area contributed by atoms with E-state index in [9.17, 15) is 9.59 Å². The Balaban J connectivity index is 1.66. The number of hydrogen-bond acceptors (Lipinski definition) is 7. The summed E-state index contributed by atoms with van der Waals surface area (Å²) < 4.78 is 6.73. The van der Waals surface area contributed by atoms with Crippen molar-refractivity contribution in [3.63, 3.8) is 0 Å². The minimum Gasteiger partial charge on any atom is -0.464 e. The van der Waals surface area contributed by atoms with Crippen molar-refractivity contribution in [2.24, 2.45) is 0 Å². The largest absolute Gasteiger partial charge is 0.464 e. The van der Waals surface area contributed by atoms with E-state index < -0.39 is 6.04 Å². The third-order valence-corrected chi connectivity index (χ3v) is 5.33. The Morgan fingerprint density at radius 1 is 1.26 bits per heavy atom. The van der Waals surface area contributed by atoms with E-state index in [0.29, 0.717) is 24.7 Å². The Morgan fingerprint density at radius 2 is 2.04 bits per heavy atom. The van der Waals surface area contributed by atoms with E-state index in [0.717, 1.165) is 24.1 Å². The van der Waals surface area contributed by atoms with E-state index in [-0.39, 0.29) is 17.6 Å². The molecule has 1 fully saturated rings. The molecule has 1 aliphatic heterocycles. The quantitative estimate of drug-likeness (QED) is 0.551. The van der Waals surface area contributed by atoms with Gasteiger partial charge in [-0.05, 0) is 55.7 Å². The van der Waals surface area contributed by atoms with E-state index in [1.54, 1.807) is 16.5 Å². The highest BCUT2D eigenvalue weighted by molar-refractivity contribution is 7.99. The number of benzene rings is 1. The van der Waals surface area contributed by atoms with Crippen molar-refractivity contribution >= 4 is 23.6 Å². The van der Waals surface area contributed by atoms with Crippen LogP contribution >= 0.6 is 11.8 Å². The summed E-state index contributed by atoms with van der Waals surface area (Å²) in [4.78, 5) is 26.5. The predicted molar refractivity (Wildman–Crippen MR) is 101 cm³/mol. The monoisotopic (exact) mass is 389 g/mol. The van der Waals surface area contributed by atoms with Crippen LogP contribution in [0.5, 0.6) is 0 Å². The van der Waals surface area contributed by atoms with Gasteiger partial charge >= 0.3 is 5.97 Å². The highest BCUT2D eigenvalue weighted by atomic mass is 32.2. The van der Waals surface area contributed by atoms with Crippen LogP contribution in [0.2, 0.25) is 0 Å². The van der Waals surface area contributed by atoms with E-state index in [2.05, 4.69) is 15.5 Å². The Morgan fingerprint density at radius 3 is 2.78 bits per heavy atom. The number of aromatic nitrogens is 4. The molecule has 8 nitrogen and oxygen atoms in total. The van der Waals surface area contributed by atoms with Crippen molar-refractivity contribution in [1.82, 2.24) is 25.1 Å². The minimum atomic E-state index is -0.486. The molecule has 1 atom stereocenters. The van der Waals surface area contributed by atoms with Gasteiger partial charge in [0, 0.05) is 6.54 Å². The molecule has 1 aliphatic rings. The van der Waals surface area contributed by atoms with Gasteiger partial charge in [-0.1, -0.05) is 29.5 Å². The highest BCUT2D eigenvalue weighted by Crippen LogP contribution is 2.23. The van der Waals surface area contributed by atoms with E-state index in [1.807, 2.05) is 31.2 Å². The van der Waals surface area contributed by atoms with E-state index in [4.69, 9.17) is 4.74 Å². The molecule has 1 aromatic carbocycles. The van der Waals surface area contributed by atoms with Crippen molar-refractivity contribution < 1.29 is 14.3 Å². The molecule has 0 saturated carbocycles. The van der Waals surface area contributed by atoms with Crippen LogP contribution in [-0.4, -0.2) is 61.9 Å². The fraction of sp³-hybridized carbons (Fsp3) is 0.500. The van der Waals surface area contributed by atoms with Gasteiger partial charge < -0.3 is 9.64 Å². The fourth-order valence-corrected chi connectivity index (χ4v) is 3.82. The van der Waals surface area contributed by atoms with Crippen LogP contribution in [0.4, 0.5) is 0 Å². The third kappa shape index (κ3) is 4.65. The maximum Gasteiger partial charge on any atom is 0.328 e. The SMILES string of the molecule is CCOC(=O)C1CCCCN1C(=O)CSc1nnnn1-c1ccc(C)cc1. The Hall–Kier alpha value is -2.42. The third-order valence-electron chi connectivity index (χ3n) is 4.43. The number of rotatable bonds is 6. The zero-order valence-electron chi connectivity index (χ0n) is 15.5. The van der Waals surface area contributed by atoms with E-state index >= 15 is 0 Å². The standard InChI is InChI=1S/C18H23N5O3S/c1-3-26-17(25)15-6-4-5-11-22(15)16(24)12-27-18-19-20-21-23(18)14-9-7-13(2)8-10-14/h7-10,15H,3-6,11-12H2,1-2H3. The first-order chi connectivity index (χ1) is 13.1. The van der Waals surface area contributed by atoms with Crippen LogP contribution < -0.4 is 0 Å². The lowest BCUT2D eigenvalue weighted by molar-refractivity contribution is -0.155. The molecule has 0 bridgehead atoms. The minimum absolute atomic E-state index is 0.101.